The lowest BCUT2D eigenvalue weighted by Gasteiger charge is -2.08. The lowest BCUT2D eigenvalue weighted by Crippen LogP contribution is -2.13. The Morgan fingerprint density at radius 3 is 2.45 bits per heavy atom. The minimum Gasteiger partial charge on any atom is -0.497 e. The van der Waals surface area contributed by atoms with E-state index in [-0.39, 0.29) is 17.2 Å². The second-order valence-electron chi connectivity index (χ2n) is 7.25. The number of benzene rings is 3. The van der Waals surface area contributed by atoms with E-state index < -0.39 is 11.7 Å². The van der Waals surface area contributed by atoms with Gasteiger partial charge in [-0.25, -0.2) is 9.37 Å². The highest BCUT2D eigenvalue weighted by Gasteiger charge is 2.12. The Morgan fingerprint density at radius 1 is 0.939 bits per heavy atom. The van der Waals surface area contributed by atoms with Crippen molar-refractivity contribution in [3.63, 3.8) is 0 Å². The molecule has 0 atom stereocenters. The molecule has 4 aromatic rings. The first-order valence-electron chi connectivity index (χ1n) is 10.1. The Kier molecular flexibility index (Phi) is 6.45. The first kappa shape index (κ1) is 21.8. The molecule has 33 heavy (non-hydrogen) atoms. The van der Waals surface area contributed by atoms with Crippen LogP contribution in [0.4, 0.5) is 15.8 Å². The van der Waals surface area contributed by atoms with Crippen LogP contribution in [0, 0.1) is 5.82 Å². The lowest BCUT2D eigenvalue weighted by atomic mass is 10.1. The summed E-state index contributed by atoms with van der Waals surface area (Å²) < 4.78 is 20.7. The predicted molar refractivity (Wildman–Crippen MR) is 123 cm³/mol. The van der Waals surface area contributed by atoms with Gasteiger partial charge in [0.1, 0.15) is 17.3 Å². The molecule has 0 aliphatic heterocycles. The molecule has 0 saturated heterocycles. The minimum absolute atomic E-state index is 0.0141. The topological polar surface area (TPSA) is 85.2 Å². The zero-order valence-corrected chi connectivity index (χ0v) is 17.8. The fourth-order valence-corrected chi connectivity index (χ4v) is 3.21. The molecule has 7 nitrogen and oxygen atoms in total. The van der Waals surface area contributed by atoms with Crippen LogP contribution >= 0.6 is 0 Å². The van der Waals surface area contributed by atoms with Gasteiger partial charge in [-0.15, -0.1) is 0 Å². The van der Waals surface area contributed by atoms with Crippen LogP contribution in [0.2, 0.25) is 0 Å². The SMILES string of the molecule is COc1cccc(NC(=O)c2cn(Cc3ccc(NC(=O)c4ccccc4F)cc3)cn2)c1. The zero-order valence-electron chi connectivity index (χ0n) is 17.8. The molecule has 2 amide bonds. The van der Waals surface area contributed by atoms with Crippen molar-refractivity contribution < 1.29 is 18.7 Å². The van der Waals surface area contributed by atoms with Gasteiger partial charge in [-0.05, 0) is 42.0 Å². The summed E-state index contributed by atoms with van der Waals surface area (Å²) in [4.78, 5) is 28.9. The highest BCUT2D eigenvalue weighted by Crippen LogP contribution is 2.18. The average molecular weight is 444 g/mol. The summed E-state index contributed by atoms with van der Waals surface area (Å²) in [7, 11) is 1.56. The van der Waals surface area contributed by atoms with Crippen LogP contribution in [-0.4, -0.2) is 28.5 Å². The number of hydrogen-bond acceptors (Lipinski definition) is 4. The Labute approximate surface area is 189 Å². The van der Waals surface area contributed by atoms with Gasteiger partial charge in [0.25, 0.3) is 11.8 Å². The summed E-state index contributed by atoms with van der Waals surface area (Å²) in [6.07, 6.45) is 3.23. The Balaban J connectivity index is 1.36. The number of carbonyl (C=O) groups excluding carboxylic acids is 2. The quantitative estimate of drug-likeness (QED) is 0.437. The summed E-state index contributed by atoms with van der Waals surface area (Å²) in [6, 6.07) is 20.0. The smallest absolute Gasteiger partial charge is 0.275 e. The summed E-state index contributed by atoms with van der Waals surface area (Å²) in [5.74, 6) is -0.764. The number of hydrogen-bond donors (Lipinski definition) is 2. The minimum atomic E-state index is -0.571. The van der Waals surface area contributed by atoms with E-state index in [1.807, 2.05) is 12.1 Å². The first-order valence-corrected chi connectivity index (χ1v) is 10.1. The zero-order chi connectivity index (χ0) is 23.2. The lowest BCUT2D eigenvalue weighted by molar-refractivity contribution is 0.101. The van der Waals surface area contributed by atoms with Gasteiger partial charge < -0.3 is 19.9 Å². The molecule has 0 aliphatic rings. The number of ether oxygens (including phenoxy) is 1. The van der Waals surface area contributed by atoms with Gasteiger partial charge in [0.05, 0.1) is 19.0 Å². The number of anilines is 2. The van der Waals surface area contributed by atoms with Gasteiger partial charge >= 0.3 is 0 Å². The number of nitrogens with zero attached hydrogens (tertiary/aromatic N) is 2. The molecule has 4 rings (SSSR count). The highest BCUT2D eigenvalue weighted by atomic mass is 19.1. The molecular weight excluding hydrogens is 423 g/mol. The maximum Gasteiger partial charge on any atom is 0.275 e. The normalized spacial score (nSPS) is 10.5. The Morgan fingerprint density at radius 2 is 1.70 bits per heavy atom. The molecule has 0 radical (unpaired) electrons. The van der Waals surface area contributed by atoms with Crippen molar-refractivity contribution in [2.45, 2.75) is 6.54 Å². The maximum absolute atomic E-state index is 13.8. The highest BCUT2D eigenvalue weighted by molar-refractivity contribution is 6.04. The van der Waals surface area contributed by atoms with Gasteiger partial charge in [0.15, 0.2) is 0 Å². The summed E-state index contributed by atoms with van der Waals surface area (Å²) in [5, 5.41) is 5.47. The molecule has 0 aliphatic carbocycles. The predicted octanol–water partition coefficient (Wildman–Crippen LogP) is 4.58. The van der Waals surface area contributed by atoms with Crippen molar-refractivity contribution in [2.24, 2.45) is 0 Å². The molecule has 0 fully saturated rings. The summed E-state index contributed by atoms with van der Waals surface area (Å²) >= 11 is 0. The molecule has 8 heteroatoms. The van der Waals surface area contributed by atoms with Crippen molar-refractivity contribution >= 4 is 23.2 Å². The third-order valence-electron chi connectivity index (χ3n) is 4.89. The van der Waals surface area contributed by atoms with Crippen LogP contribution in [-0.2, 0) is 6.54 Å². The second-order valence-corrected chi connectivity index (χ2v) is 7.25. The number of rotatable bonds is 7. The Bertz CT molecular complexity index is 1280. The molecule has 1 aromatic heterocycles. The van der Waals surface area contributed by atoms with Crippen molar-refractivity contribution in [2.75, 3.05) is 17.7 Å². The van der Waals surface area contributed by atoms with Gasteiger partial charge in [-0.2, -0.15) is 0 Å². The number of methoxy groups -OCH3 is 1. The molecule has 0 unspecified atom stereocenters. The molecule has 166 valence electrons. The second kappa shape index (κ2) is 9.78. The van der Waals surface area contributed by atoms with Crippen LogP contribution in [0.3, 0.4) is 0 Å². The van der Waals surface area contributed by atoms with Crippen molar-refractivity contribution in [3.8, 4) is 5.75 Å². The number of amides is 2. The summed E-state index contributed by atoms with van der Waals surface area (Å²) in [6.45, 7) is 0.487. The third-order valence-corrected chi connectivity index (χ3v) is 4.89. The molecular formula is C25H21FN4O3. The van der Waals surface area contributed by atoms with Gasteiger partial charge in [-0.3, -0.25) is 9.59 Å². The monoisotopic (exact) mass is 444 g/mol. The van der Waals surface area contributed by atoms with Crippen LogP contribution in [0.1, 0.15) is 26.4 Å². The van der Waals surface area contributed by atoms with Gasteiger partial charge in [0, 0.05) is 30.2 Å². The number of aromatic nitrogens is 2. The third kappa shape index (κ3) is 5.43. The van der Waals surface area contributed by atoms with Crippen LogP contribution in [0.15, 0.2) is 85.3 Å². The standard InChI is InChI=1S/C25H21FN4O3/c1-33-20-6-4-5-19(13-20)29-25(32)23-15-30(16-27-23)14-17-9-11-18(12-10-17)28-24(31)21-7-2-3-8-22(21)26/h2-13,15-16H,14H2,1H3,(H,28,31)(H,29,32). The van der Waals surface area contributed by atoms with Crippen molar-refractivity contribution in [1.82, 2.24) is 9.55 Å². The van der Waals surface area contributed by atoms with E-state index in [0.717, 1.165) is 5.56 Å². The van der Waals surface area contributed by atoms with Crippen molar-refractivity contribution in [1.29, 1.82) is 0 Å². The number of imidazole rings is 1. The van der Waals surface area contributed by atoms with Crippen LogP contribution in [0.25, 0.3) is 0 Å². The van der Waals surface area contributed by atoms with E-state index in [4.69, 9.17) is 4.74 Å². The number of halogens is 1. The largest absolute Gasteiger partial charge is 0.497 e. The first-order chi connectivity index (χ1) is 16.0. The molecule has 0 saturated carbocycles. The van der Waals surface area contributed by atoms with Crippen LogP contribution in [0.5, 0.6) is 5.75 Å². The molecule has 3 aromatic carbocycles. The molecule has 2 N–H and O–H groups in total. The number of nitrogens with one attached hydrogen (secondary N) is 2. The van der Waals surface area contributed by atoms with E-state index in [1.165, 1.54) is 18.2 Å². The Hall–Kier alpha value is -4.46. The maximum atomic E-state index is 13.8. The van der Waals surface area contributed by atoms with E-state index in [9.17, 15) is 14.0 Å². The fourth-order valence-electron chi connectivity index (χ4n) is 3.21. The average Bonchev–Trinajstić information content (AvgIpc) is 3.29. The van der Waals surface area contributed by atoms with Gasteiger partial charge in [-0.1, -0.05) is 30.3 Å². The number of carbonyl (C=O) groups is 2. The fraction of sp³-hybridized carbons (Fsp3) is 0.0800. The van der Waals surface area contributed by atoms with E-state index in [1.54, 1.807) is 66.7 Å². The van der Waals surface area contributed by atoms with E-state index in [0.29, 0.717) is 23.7 Å². The van der Waals surface area contributed by atoms with Crippen LogP contribution < -0.4 is 15.4 Å². The summed E-state index contributed by atoms with van der Waals surface area (Å²) in [5.41, 5.74) is 2.38. The van der Waals surface area contributed by atoms with E-state index in [2.05, 4.69) is 15.6 Å². The molecule has 0 bridgehead atoms. The molecule has 1 heterocycles. The van der Waals surface area contributed by atoms with E-state index >= 15 is 0 Å². The van der Waals surface area contributed by atoms with Gasteiger partial charge in [0.2, 0.25) is 0 Å². The molecule has 0 spiro atoms. The van der Waals surface area contributed by atoms with Crippen molar-refractivity contribution in [3.05, 3.63) is 108 Å².